The first-order valence-electron chi connectivity index (χ1n) is 6.24. The van der Waals surface area contributed by atoms with E-state index in [1.54, 1.807) is 11.8 Å². The lowest BCUT2D eigenvalue weighted by molar-refractivity contribution is -0.138. The number of rotatable bonds is 8. The minimum absolute atomic E-state index is 0.0342. The van der Waals surface area contributed by atoms with Gasteiger partial charge in [0.2, 0.25) is 5.89 Å². The first kappa shape index (κ1) is 13.4. The first-order chi connectivity index (χ1) is 8.63. The van der Waals surface area contributed by atoms with Crippen LogP contribution in [0.5, 0.6) is 0 Å². The van der Waals surface area contributed by atoms with E-state index in [0.29, 0.717) is 11.6 Å². The van der Waals surface area contributed by atoms with E-state index in [9.17, 15) is 4.79 Å². The highest BCUT2D eigenvalue weighted by Gasteiger charge is 2.44. The minimum atomic E-state index is -0.696. The van der Waals surface area contributed by atoms with Crippen LogP contribution in [-0.4, -0.2) is 27.0 Å². The van der Waals surface area contributed by atoms with Crippen molar-refractivity contribution in [2.24, 2.45) is 5.41 Å². The monoisotopic (exact) mass is 270 g/mol. The highest BCUT2D eigenvalue weighted by molar-refractivity contribution is 7.98. The summed E-state index contributed by atoms with van der Waals surface area (Å²) >= 11 is 1.70. The van der Waals surface area contributed by atoms with Gasteiger partial charge in [0.25, 0.3) is 0 Å². The van der Waals surface area contributed by atoms with Crippen LogP contribution in [0.15, 0.2) is 4.52 Å². The molecule has 5 nitrogen and oxygen atoms in total. The number of aryl methyl sites for hydroxylation is 1. The molecule has 1 aromatic heterocycles. The predicted molar refractivity (Wildman–Crippen MR) is 68.4 cm³/mol. The third-order valence-corrected chi connectivity index (χ3v) is 4.38. The number of carboxylic acid groups (broad SMARTS) is 1. The molecule has 0 aromatic carbocycles. The van der Waals surface area contributed by atoms with Crippen LogP contribution >= 0.6 is 11.8 Å². The first-order valence-corrected chi connectivity index (χ1v) is 7.40. The van der Waals surface area contributed by atoms with E-state index in [1.807, 2.05) is 0 Å². The van der Waals surface area contributed by atoms with Crippen molar-refractivity contribution in [3.05, 3.63) is 11.7 Å². The maximum Gasteiger partial charge on any atom is 0.303 e. The van der Waals surface area contributed by atoms with Gasteiger partial charge in [-0.1, -0.05) is 12.1 Å². The number of aliphatic carboxylic acids is 1. The number of nitrogens with zero attached hydrogens (tertiary/aromatic N) is 2. The van der Waals surface area contributed by atoms with Gasteiger partial charge in [-0.25, -0.2) is 0 Å². The Morgan fingerprint density at radius 1 is 1.56 bits per heavy atom. The van der Waals surface area contributed by atoms with Gasteiger partial charge >= 0.3 is 5.97 Å². The van der Waals surface area contributed by atoms with E-state index in [0.717, 1.165) is 37.3 Å². The second-order valence-corrected chi connectivity index (χ2v) is 5.90. The molecule has 0 atom stereocenters. The molecule has 100 valence electrons. The third kappa shape index (κ3) is 3.73. The van der Waals surface area contributed by atoms with Crippen molar-refractivity contribution in [3.8, 4) is 0 Å². The van der Waals surface area contributed by atoms with Gasteiger partial charge in [-0.15, -0.1) is 0 Å². The Kier molecular flexibility index (Phi) is 4.27. The Bertz CT molecular complexity index is 415. The smallest absolute Gasteiger partial charge is 0.303 e. The fourth-order valence-corrected chi connectivity index (χ4v) is 3.12. The standard InChI is InChI=1S/C12H18N2O3S/c1-2-3-10-13-9(14-17-10)7-18-8-12(4-5-12)6-11(15)16/h2-8H2,1H3,(H,15,16). The average Bonchev–Trinajstić information content (AvgIpc) is 2.89. The van der Waals surface area contributed by atoms with Crippen molar-refractivity contribution >= 4 is 17.7 Å². The zero-order valence-corrected chi connectivity index (χ0v) is 11.3. The summed E-state index contributed by atoms with van der Waals surface area (Å²) in [5, 5.41) is 12.7. The topological polar surface area (TPSA) is 76.2 Å². The quantitative estimate of drug-likeness (QED) is 0.782. The van der Waals surface area contributed by atoms with Crippen molar-refractivity contribution < 1.29 is 14.4 Å². The maximum atomic E-state index is 10.7. The van der Waals surface area contributed by atoms with E-state index < -0.39 is 5.97 Å². The lowest BCUT2D eigenvalue weighted by Crippen LogP contribution is -2.11. The van der Waals surface area contributed by atoms with Crippen LogP contribution in [0.1, 0.15) is 44.3 Å². The van der Waals surface area contributed by atoms with Gasteiger partial charge in [-0.3, -0.25) is 4.79 Å². The molecule has 1 aromatic rings. The zero-order chi connectivity index (χ0) is 13.0. The average molecular weight is 270 g/mol. The Morgan fingerprint density at radius 3 is 2.94 bits per heavy atom. The van der Waals surface area contributed by atoms with Crippen molar-refractivity contribution in [3.63, 3.8) is 0 Å². The molecule has 6 heteroatoms. The molecule has 1 fully saturated rings. The second-order valence-electron chi connectivity index (χ2n) is 4.92. The van der Waals surface area contributed by atoms with Gasteiger partial charge in [-0.2, -0.15) is 16.7 Å². The molecule has 0 saturated heterocycles. The van der Waals surface area contributed by atoms with Crippen LogP contribution in [0.2, 0.25) is 0 Å². The number of carbonyl (C=O) groups is 1. The number of aromatic nitrogens is 2. The summed E-state index contributed by atoms with van der Waals surface area (Å²) in [5.74, 6) is 2.29. The Balaban J connectivity index is 1.73. The molecule has 0 amide bonds. The van der Waals surface area contributed by atoms with E-state index in [4.69, 9.17) is 9.63 Å². The summed E-state index contributed by atoms with van der Waals surface area (Å²) in [6.07, 6.45) is 4.16. The summed E-state index contributed by atoms with van der Waals surface area (Å²) in [4.78, 5) is 15.0. The highest BCUT2D eigenvalue weighted by Crippen LogP contribution is 2.51. The number of carboxylic acids is 1. The fourth-order valence-electron chi connectivity index (χ4n) is 1.89. The molecule has 1 heterocycles. The van der Waals surface area contributed by atoms with Gasteiger partial charge in [0, 0.05) is 6.42 Å². The van der Waals surface area contributed by atoms with Crippen LogP contribution < -0.4 is 0 Å². The van der Waals surface area contributed by atoms with Crippen LogP contribution in [0.4, 0.5) is 0 Å². The predicted octanol–water partition coefficient (Wildman–Crippen LogP) is 2.51. The van der Waals surface area contributed by atoms with E-state index in [1.165, 1.54) is 0 Å². The molecule has 0 bridgehead atoms. The second kappa shape index (κ2) is 5.73. The molecule has 1 aliphatic carbocycles. The lowest BCUT2D eigenvalue weighted by atomic mass is 10.1. The van der Waals surface area contributed by atoms with Gasteiger partial charge in [-0.05, 0) is 30.4 Å². The minimum Gasteiger partial charge on any atom is -0.481 e. The number of thioether (sulfide) groups is 1. The molecular weight excluding hydrogens is 252 g/mol. The molecule has 1 saturated carbocycles. The normalized spacial score (nSPS) is 16.7. The SMILES string of the molecule is CCCc1nc(CSCC2(CC(=O)O)CC2)no1. The third-order valence-electron chi connectivity index (χ3n) is 3.10. The summed E-state index contributed by atoms with van der Waals surface area (Å²) in [7, 11) is 0. The molecule has 0 unspecified atom stereocenters. The van der Waals surface area contributed by atoms with E-state index in [-0.39, 0.29) is 11.8 Å². The Hall–Kier alpha value is -1.04. The summed E-state index contributed by atoms with van der Waals surface area (Å²) in [6, 6.07) is 0. The van der Waals surface area contributed by atoms with Crippen molar-refractivity contribution in [2.45, 2.75) is 44.8 Å². The molecule has 0 aliphatic heterocycles. The van der Waals surface area contributed by atoms with E-state index in [2.05, 4.69) is 17.1 Å². The van der Waals surface area contributed by atoms with Crippen LogP contribution in [-0.2, 0) is 17.0 Å². The molecule has 1 N–H and O–H groups in total. The van der Waals surface area contributed by atoms with Crippen molar-refractivity contribution in [2.75, 3.05) is 5.75 Å². The largest absolute Gasteiger partial charge is 0.481 e. The summed E-state index contributed by atoms with van der Waals surface area (Å²) in [5.41, 5.74) is 0.0342. The zero-order valence-electron chi connectivity index (χ0n) is 10.5. The van der Waals surface area contributed by atoms with Crippen LogP contribution in [0, 0.1) is 5.41 Å². The highest BCUT2D eigenvalue weighted by atomic mass is 32.2. The summed E-state index contributed by atoms with van der Waals surface area (Å²) < 4.78 is 5.10. The van der Waals surface area contributed by atoms with Crippen LogP contribution in [0.3, 0.4) is 0 Å². The van der Waals surface area contributed by atoms with Crippen molar-refractivity contribution in [1.82, 2.24) is 10.1 Å². The Labute approximate surface area is 110 Å². The number of hydrogen-bond acceptors (Lipinski definition) is 5. The van der Waals surface area contributed by atoms with E-state index >= 15 is 0 Å². The molecule has 1 aliphatic rings. The van der Waals surface area contributed by atoms with Gasteiger partial charge in [0.15, 0.2) is 5.82 Å². The van der Waals surface area contributed by atoms with Gasteiger partial charge in [0.05, 0.1) is 12.2 Å². The molecular formula is C12H18N2O3S. The van der Waals surface area contributed by atoms with Gasteiger partial charge in [0.1, 0.15) is 0 Å². The maximum absolute atomic E-state index is 10.7. The van der Waals surface area contributed by atoms with Gasteiger partial charge < -0.3 is 9.63 Å². The van der Waals surface area contributed by atoms with Crippen LogP contribution in [0.25, 0.3) is 0 Å². The molecule has 0 radical (unpaired) electrons. The fraction of sp³-hybridized carbons (Fsp3) is 0.750. The molecule has 2 rings (SSSR count). The lowest BCUT2D eigenvalue weighted by Gasteiger charge is -2.10. The molecule has 0 spiro atoms. The summed E-state index contributed by atoms with van der Waals surface area (Å²) in [6.45, 7) is 2.07. The number of hydrogen-bond donors (Lipinski definition) is 1. The van der Waals surface area contributed by atoms with Crippen molar-refractivity contribution in [1.29, 1.82) is 0 Å². The Morgan fingerprint density at radius 2 is 2.33 bits per heavy atom. The molecule has 18 heavy (non-hydrogen) atoms.